The largest absolute Gasteiger partial charge is 0.347 e. The van der Waals surface area contributed by atoms with Crippen molar-refractivity contribution in [1.82, 2.24) is 24.8 Å². The Morgan fingerprint density at radius 2 is 2.00 bits per heavy atom. The zero-order chi connectivity index (χ0) is 15.5. The summed E-state index contributed by atoms with van der Waals surface area (Å²) in [6.07, 6.45) is 1.28. The zero-order valence-corrected chi connectivity index (χ0v) is 11.5. The Kier molecular flexibility index (Phi) is 3.57. The maximum Gasteiger partial charge on any atom is 0.328 e. The molecule has 0 radical (unpaired) electrons. The van der Waals surface area contributed by atoms with Gasteiger partial charge in [-0.05, 0) is 12.1 Å². The summed E-state index contributed by atoms with van der Waals surface area (Å²) < 4.78 is 1.12. The minimum Gasteiger partial charge on any atom is -0.347 e. The molecule has 2 aromatic heterocycles. The number of fused-ring (bicyclic) bond motifs is 1. The van der Waals surface area contributed by atoms with Gasteiger partial charge in [-0.15, -0.1) is 0 Å². The van der Waals surface area contributed by atoms with E-state index in [1.54, 1.807) is 0 Å². The van der Waals surface area contributed by atoms with Crippen LogP contribution >= 0.6 is 0 Å². The van der Waals surface area contributed by atoms with Gasteiger partial charge in [-0.1, -0.05) is 12.1 Å². The van der Waals surface area contributed by atoms with Crippen LogP contribution in [0.15, 0.2) is 46.1 Å². The molecule has 0 bridgehead atoms. The lowest BCUT2D eigenvalue weighted by atomic mass is 10.3. The number of benzene rings is 1. The molecule has 0 saturated heterocycles. The Bertz CT molecular complexity index is 904. The van der Waals surface area contributed by atoms with Crippen LogP contribution in [0.3, 0.4) is 0 Å². The molecule has 0 unspecified atom stereocenters. The van der Waals surface area contributed by atoms with E-state index in [9.17, 15) is 14.4 Å². The Morgan fingerprint density at radius 3 is 2.77 bits per heavy atom. The number of carbonyl (C=O) groups excluding carboxylic acids is 1. The second-order valence-corrected chi connectivity index (χ2v) is 4.72. The molecule has 3 rings (SSSR count). The topological polar surface area (TPSA) is 113 Å². The number of amides is 1. The lowest BCUT2D eigenvalue weighted by molar-refractivity contribution is -0.121. The van der Waals surface area contributed by atoms with Gasteiger partial charge >= 0.3 is 5.69 Å². The first kappa shape index (κ1) is 13.8. The molecule has 0 fully saturated rings. The predicted octanol–water partition coefficient (Wildman–Crippen LogP) is -0.271. The molecule has 0 atom stereocenters. The molecule has 22 heavy (non-hydrogen) atoms. The van der Waals surface area contributed by atoms with Gasteiger partial charge < -0.3 is 10.3 Å². The number of hydrogen-bond donors (Lipinski definition) is 3. The van der Waals surface area contributed by atoms with Gasteiger partial charge in [0.25, 0.3) is 5.56 Å². The molecule has 3 N–H and O–H groups in total. The summed E-state index contributed by atoms with van der Waals surface area (Å²) in [4.78, 5) is 43.8. The minimum atomic E-state index is -0.619. The molecule has 0 aliphatic heterocycles. The first-order chi connectivity index (χ1) is 10.6. The summed E-state index contributed by atoms with van der Waals surface area (Å²) in [6.45, 7) is 0.0570. The molecule has 1 aromatic carbocycles. The lowest BCUT2D eigenvalue weighted by Crippen LogP contribution is -2.35. The summed E-state index contributed by atoms with van der Waals surface area (Å²) in [5.74, 6) is 0.276. The Hall–Kier alpha value is -3.16. The average Bonchev–Trinajstić information content (AvgIpc) is 2.91. The molecule has 0 aliphatic carbocycles. The van der Waals surface area contributed by atoms with Crippen LogP contribution in [-0.2, 0) is 17.9 Å². The van der Waals surface area contributed by atoms with Crippen LogP contribution in [0, 0.1) is 0 Å². The fourth-order valence-electron chi connectivity index (χ4n) is 2.05. The van der Waals surface area contributed by atoms with E-state index in [2.05, 4.69) is 20.3 Å². The highest BCUT2D eigenvalue weighted by Gasteiger charge is 2.07. The number of H-pyrrole nitrogens is 2. The number of hydrogen-bond acceptors (Lipinski definition) is 4. The summed E-state index contributed by atoms with van der Waals surface area (Å²) in [7, 11) is 0. The summed E-state index contributed by atoms with van der Waals surface area (Å²) >= 11 is 0. The first-order valence-electron chi connectivity index (χ1n) is 6.62. The maximum atomic E-state index is 11.8. The van der Waals surface area contributed by atoms with Crippen LogP contribution < -0.4 is 16.6 Å². The van der Waals surface area contributed by atoms with Crippen LogP contribution in [0.2, 0.25) is 0 Å². The normalized spacial score (nSPS) is 10.7. The van der Waals surface area contributed by atoms with E-state index in [0.29, 0.717) is 5.82 Å². The van der Waals surface area contributed by atoms with Gasteiger partial charge in [0.2, 0.25) is 5.91 Å². The highest BCUT2D eigenvalue weighted by molar-refractivity contribution is 5.76. The van der Waals surface area contributed by atoms with E-state index in [-0.39, 0.29) is 19.0 Å². The third kappa shape index (κ3) is 2.95. The van der Waals surface area contributed by atoms with Gasteiger partial charge in [0.05, 0.1) is 17.6 Å². The summed E-state index contributed by atoms with van der Waals surface area (Å²) in [5.41, 5.74) is 0.600. The fourth-order valence-corrected chi connectivity index (χ4v) is 2.05. The van der Waals surface area contributed by atoms with Crippen LogP contribution in [0.1, 0.15) is 5.82 Å². The van der Waals surface area contributed by atoms with Crippen molar-refractivity contribution >= 4 is 16.9 Å². The van der Waals surface area contributed by atoms with E-state index in [1.165, 1.54) is 12.3 Å². The van der Waals surface area contributed by atoms with Gasteiger partial charge in [-0.25, -0.2) is 9.78 Å². The Morgan fingerprint density at radius 1 is 1.18 bits per heavy atom. The lowest BCUT2D eigenvalue weighted by Gasteiger charge is -2.05. The van der Waals surface area contributed by atoms with Crippen LogP contribution in [0.25, 0.3) is 11.0 Å². The Balaban J connectivity index is 1.64. The average molecular weight is 299 g/mol. The van der Waals surface area contributed by atoms with Gasteiger partial charge in [-0.3, -0.25) is 19.1 Å². The summed E-state index contributed by atoms with van der Waals surface area (Å²) in [5, 5.41) is 2.67. The molecule has 8 nitrogen and oxygen atoms in total. The van der Waals surface area contributed by atoms with Crippen molar-refractivity contribution in [2.75, 3.05) is 0 Å². The monoisotopic (exact) mass is 299 g/mol. The number of rotatable bonds is 4. The van der Waals surface area contributed by atoms with Crippen molar-refractivity contribution < 1.29 is 4.79 Å². The number of nitrogens with zero attached hydrogens (tertiary/aromatic N) is 2. The molecule has 0 aliphatic rings. The Labute approximate surface area is 123 Å². The van der Waals surface area contributed by atoms with Crippen molar-refractivity contribution in [1.29, 1.82) is 0 Å². The van der Waals surface area contributed by atoms with Crippen molar-refractivity contribution in [2.24, 2.45) is 0 Å². The molecule has 0 spiro atoms. The highest BCUT2D eigenvalue weighted by Crippen LogP contribution is 2.09. The van der Waals surface area contributed by atoms with Crippen molar-refractivity contribution in [3.05, 3.63) is 63.2 Å². The second kappa shape index (κ2) is 5.68. The van der Waals surface area contributed by atoms with E-state index < -0.39 is 11.2 Å². The van der Waals surface area contributed by atoms with Crippen molar-refractivity contribution in [2.45, 2.75) is 13.1 Å². The fraction of sp³-hybridized carbons (Fsp3) is 0.143. The van der Waals surface area contributed by atoms with Crippen LogP contribution in [0.4, 0.5) is 0 Å². The first-order valence-corrected chi connectivity index (χ1v) is 6.62. The van der Waals surface area contributed by atoms with E-state index in [0.717, 1.165) is 15.6 Å². The summed E-state index contributed by atoms with van der Waals surface area (Å²) in [6, 6.07) is 8.73. The number of aromatic amines is 2. The number of imidazole rings is 1. The van der Waals surface area contributed by atoms with E-state index in [1.807, 2.05) is 24.3 Å². The third-order valence-corrected chi connectivity index (χ3v) is 3.10. The van der Waals surface area contributed by atoms with Gasteiger partial charge in [0.1, 0.15) is 12.4 Å². The second-order valence-electron chi connectivity index (χ2n) is 4.72. The van der Waals surface area contributed by atoms with E-state index >= 15 is 0 Å². The molecule has 1 amide bonds. The quantitative estimate of drug-likeness (QED) is 0.615. The standard InChI is InChI=1S/C14H13N5O3/c20-12-5-6-19(14(22)18-12)8-13(21)15-7-11-16-9-3-1-2-4-10(9)17-11/h1-6H,7-8H2,(H,15,21)(H,16,17)(H,18,20,22). The van der Waals surface area contributed by atoms with Crippen LogP contribution in [0.5, 0.6) is 0 Å². The van der Waals surface area contributed by atoms with Crippen molar-refractivity contribution in [3.63, 3.8) is 0 Å². The number of para-hydroxylation sites is 2. The molecule has 8 heteroatoms. The highest BCUT2D eigenvalue weighted by atomic mass is 16.2. The molecular formula is C14H13N5O3. The van der Waals surface area contributed by atoms with Crippen molar-refractivity contribution in [3.8, 4) is 0 Å². The SMILES string of the molecule is O=C(Cn1ccc(=O)[nH]c1=O)NCc1nc2ccccc2[nH]1. The molecule has 3 aromatic rings. The van der Waals surface area contributed by atoms with Gasteiger partial charge in [0.15, 0.2) is 0 Å². The molecule has 2 heterocycles. The van der Waals surface area contributed by atoms with Gasteiger partial charge in [-0.2, -0.15) is 0 Å². The van der Waals surface area contributed by atoms with Gasteiger partial charge in [0, 0.05) is 12.3 Å². The smallest absolute Gasteiger partial charge is 0.328 e. The molecular weight excluding hydrogens is 286 g/mol. The molecule has 0 saturated carbocycles. The zero-order valence-electron chi connectivity index (χ0n) is 11.5. The van der Waals surface area contributed by atoms with Crippen LogP contribution in [-0.4, -0.2) is 25.4 Å². The number of carbonyl (C=O) groups is 1. The molecule has 112 valence electrons. The third-order valence-electron chi connectivity index (χ3n) is 3.10. The van der Waals surface area contributed by atoms with E-state index in [4.69, 9.17) is 0 Å². The maximum absolute atomic E-state index is 11.8. The number of aromatic nitrogens is 4. The number of nitrogens with one attached hydrogen (secondary N) is 3. The minimum absolute atomic E-state index is 0.171. The predicted molar refractivity (Wildman–Crippen MR) is 79.3 cm³/mol.